The third-order valence-electron chi connectivity index (χ3n) is 4.27. The molecule has 0 bridgehead atoms. The average molecular weight is 368 g/mol. The highest BCUT2D eigenvalue weighted by atomic mass is 16.5. The van der Waals surface area contributed by atoms with Crippen LogP contribution in [0.3, 0.4) is 0 Å². The van der Waals surface area contributed by atoms with Gasteiger partial charge in [0.2, 0.25) is 0 Å². The standard InChI is InChI=1S/C23H28O4/c1-16(2)6-5-15-26-22(24)19-7-9-20(10-8-19)23(25)27-21-13-11-18(12-14-21)17(3)4/h7-14,16-17H,5-6,15H2,1-4H3. The van der Waals surface area contributed by atoms with Crippen molar-refractivity contribution in [1.29, 1.82) is 0 Å². The molecule has 2 aromatic carbocycles. The first-order chi connectivity index (χ1) is 12.9. The van der Waals surface area contributed by atoms with Gasteiger partial charge in [0.15, 0.2) is 0 Å². The highest BCUT2D eigenvalue weighted by molar-refractivity contribution is 5.94. The molecule has 0 fully saturated rings. The van der Waals surface area contributed by atoms with Gasteiger partial charge in [0.05, 0.1) is 17.7 Å². The minimum atomic E-state index is -0.454. The summed E-state index contributed by atoms with van der Waals surface area (Å²) in [5.74, 6) is 0.688. The van der Waals surface area contributed by atoms with Gasteiger partial charge in [0.1, 0.15) is 5.75 Å². The van der Waals surface area contributed by atoms with Crippen molar-refractivity contribution < 1.29 is 19.1 Å². The molecule has 0 saturated carbocycles. The van der Waals surface area contributed by atoms with Crippen LogP contribution in [-0.4, -0.2) is 18.5 Å². The average Bonchev–Trinajstić information content (AvgIpc) is 2.65. The van der Waals surface area contributed by atoms with E-state index in [-0.39, 0.29) is 5.97 Å². The molecule has 0 aliphatic heterocycles. The zero-order chi connectivity index (χ0) is 19.8. The molecule has 0 atom stereocenters. The third-order valence-corrected chi connectivity index (χ3v) is 4.27. The zero-order valence-corrected chi connectivity index (χ0v) is 16.5. The number of ether oxygens (including phenoxy) is 2. The van der Waals surface area contributed by atoms with Crippen LogP contribution in [0.15, 0.2) is 48.5 Å². The topological polar surface area (TPSA) is 52.6 Å². The molecule has 0 amide bonds. The van der Waals surface area contributed by atoms with E-state index in [0.29, 0.717) is 35.3 Å². The molecule has 0 unspecified atom stereocenters. The molecule has 2 rings (SSSR count). The van der Waals surface area contributed by atoms with Crippen LogP contribution in [0.2, 0.25) is 0 Å². The number of carbonyl (C=O) groups excluding carboxylic acids is 2. The van der Waals surface area contributed by atoms with E-state index in [1.807, 2.05) is 12.1 Å². The molecule has 144 valence electrons. The minimum Gasteiger partial charge on any atom is -0.462 e. The van der Waals surface area contributed by atoms with Crippen molar-refractivity contribution in [2.24, 2.45) is 5.92 Å². The maximum absolute atomic E-state index is 12.3. The number of rotatable bonds is 8. The van der Waals surface area contributed by atoms with E-state index < -0.39 is 5.97 Å². The van der Waals surface area contributed by atoms with Crippen molar-refractivity contribution in [2.75, 3.05) is 6.61 Å². The molecule has 0 spiro atoms. The largest absolute Gasteiger partial charge is 0.462 e. The van der Waals surface area contributed by atoms with Crippen molar-refractivity contribution in [3.63, 3.8) is 0 Å². The molecule has 4 heteroatoms. The molecule has 0 aromatic heterocycles. The fraction of sp³-hybridized carbons (Fsp3) is 0.391. The Labute approximate surface area is 161 Å². The normalized spacial score (nSPS) is 10.9. The Hall–Kier alpha value is -2.62. The molecule has 0 saturated heterocycles. The Morgan fingerprint density at radius 1 is 0.815 bits per heavy atom. The molecule has 0 N–H and O–H groups in total. The summed E-state index contributed by atoms with van der Waals surface area (Å²) in [7, 11) is 0. The van der Waals surface area contributed by atoms with E-state index in [9.17, 15) is 9.59 Å². The van der Waals surface area contributed by atoms with Gasteiger partial charge in [0.25, 0.3) is 0 Å². The first kappa shape index (κ1) is 20.7. The monoisotopic (exact) mass is 368 g/mol. The van der Waals surface area contributed by atoms with Gasteiger partial charge in [-0.3, -0.25) is 0 Å². The van der Waals surface area contributed by atoms with Crippen LogP contribution >= 0.6 is 0 Å². The predicted molar refractivity (Wildman–Crippen MR) is 106 cm³/mol. The summed E-state index contributed by atoms with van der Waals surface area (Å²) < 4.78 is 10.6. The fourth-order valence-electron chi connectivity index (χ4n) is 2.57. The van der Waals surface area contributed by atoms with Gasteiger partial charge < -0.3 is 9.47 Å². The number of hydrogen-bond donors (Lipinski definition) is 0. The highest BCUT2D eigenvalue weighted by Crippen LogP contribution is 2.19. The quantitative estimate of drug-likeness (QED) is 0.345. The summed E-state index contributed by atoms with van der Waals surface area (Å²) in [6.45, 7) is 8.90. The SMILES string of the molecule is CC(C)CCCOC(=O)c1ccc(C(=O)Oc2ccc(C(C)C)cc2)cc1. The molecule has 0 radical (unpaired) electrons. The van der Waals surface area contributed by atoms with Crippen LogP contribution in [0.1, 0.15) is 72.7 Å². The second-order valence-corrected chi connectivity index (χ2v) is 7.36. The number of carbonyl (C=O) groups is 2. The predicted octanol–water partition coefficient (Wildman–Crippen LogP) is 5.62. The molecule has 0 aliphatic rings. The van der Waals surface area contributed by atoms with Crippen LogP contribution in [0.4, 0.5) is 0 Å². The summed E-state index contributed by atoms with van der Waals surface area (Å²) in [5, 5.41) is 0. The summed E-state index contributed by atoms with van der Waals surface area (Å²) >= 11 is 0. The Morgan fingerprint density at radius 3 is 1.89 bits per heavy atom. The van der Waals surface area contributed by atoms with Crippen LogP contribution < -0.4 is 4.74 Å². The first-order valence-electron chi connectivity index (χ1n) is 9.46. The van der Waals surface area contributed by atoms with Gasteiger partial charge >= 0.3 is 11.9 Å². The van der Waals surface area contributed by atoms with Crippen molar-refractivity contribution >= 4 is 11.9 Å². The van der Waals surface area contributed by atoms with Crippen LogP contribution in [0.5, 0.6) is 5.75 Å². The van der Waals surface area contributed by atoms with E-state index in [4.69, 9.17) is 9.47 Å². The molecular formula is C23H28O4. The van der Waals surface area contributed by atoms with Gasteiger partial charge in [-0.2, -0.15) is 0 Å². The van der Waals surface area contributed by atoms with E-state index in [2.05, 4.69) is 27.7 Å². The van der Waals surface area contributed by atoms with E-state index >= 15 is 0 Å². The van der Waals surface area contributed by atoms with Crippen LogP contribution in [-0.2, 0) is 4.74 Å². The van der Waals surface area contributed by atoms with E-state index in [1.54, 1.807) is 36.4 Å². The first-order valence-corrected chi connectivity index (χ1v) is 9.46. The lowest BCUT2D eigenvalue weighted by Gasteiger charge is -2.08. The fourth-order valence-corrected chi connectivity index (χ4v) is 2.57. The Balaban J connectivity index is 1.89. The van der Waals surface area contributed by atoms with Gasteiger partial charge in [-0.05, 0) is 66.6 Å². The second kappa shape index (κ2) is 9.91. The maximum atomic E-state index is 12.3. The number of hydrogen-bond acceptors (Lipinski definition) is 4. The lowest BCUT2D eigenvalue weighted by molar-refractivity contribution is 0.0494. The van der Waals surface area contributed by atoms with Gasteiger partial charge in [-0.15, -0.1) is 0 Å². The Bertz CT molecular complexity index is 743. The summed E-state index contributed by atoms with van der Waals surface area (Å²) in [5.41, 5.74) is 2.00. The smallest absolute Gasteiger partial charge is 0.343 e. The maximum Gasteiger partial charge on any atom is 0.343 e. The van der Waals surface area contributed by atoms with Crippen molar-refractivity contribution in [2.45, 2.75) is 46.5 Å². The highest BCUT2D eigenvalue weighted by Gasteiger charge is 2.12. The van der Waals surface area contributed by atoms with Gasteiger partial charge in [-0.1, -0.05) is 39.8 Å². The van der Waals surface area contributed by atoms with Crippen molar-refractivity contribution in [3.8, 4) is 5.75 Å². The third kappa shape index (κ3) is 6.55. The molecule has 27 heavy (non-hydrogen) atoms. The lowest BCUT2D eigenvalue weighted by Crippen LogP contribution is -2.10. The van der Waals surface area contributed by atoms with Crippen LogP contribution in [0, 0.1) is 5.92 Å². The van der Waals surface area contributed by atoms with E-state index in [1.165, 1.54) is 5.56 Å². The summed E-state index contributed by atoms with van der Waals surface area (Å²) in [6.07, 6.45) is 1.87. The van der Waals surface area contributed by atoms with Gasteiger partial charge in [0, 0.05) is 0 Å². The molecule has 4 nitrogen and oxygen atoms in total. The van der Waals surface area contributed by atoms with Gasteiger partial charge in [-0.25, -0.2) is 9.59 Å². The zero-order valence-electron chi connectivity index (χ0n) is 16.5. The number of benzene rings is 2. The van der Waals surface area contributed by atoms with Crippen LogP contribution in [0.25, 0.3) is 0 Å². The second-order valence-electron chi connectivity index (χ2n) is 7.36. The molecule has 0 heterocycles. The summed E-state index contributed by atoms with van der Waals surface area (Å²) in [4.78, 5) is 24.3. The Morgan fingerprint density at radius 2 is 1.37 bits per heavy atom. The molecular weight excluding hydrogens is 340 g/mol. The molecule has 2 aromatic rings. The van der Waals surface area contributed by atoms with Crippen molar-refractivity contribution in [1.82, 2.24) is 0 Å². The summed E-state index contributed by atoms with van der Waals surface area (Å²) in [6, 6.07) is 13.8. The number of esters is 2. The van der Waals surface area contributed by atoms with Crippen molar-refractivity contribution in [3.05, 3.63) is 65.2 Å². The Kier molecular flexibility index (Phi) is 7.59. The minimum absolute atomic E-state index is 0.372. The van der Waals surface area contributed by atoms with E-state index in [0.717, 1.165) is 12.8 Å². The molecule has 0 aliphatic carbocycles. The lowest BCUT2D eigenvalue weighted by atomic mass is 10.0.